The minimum absolute atomic E-state index is 0.112. The van der Waals surface area contributed by atoms with E-state index in [1.807, 2.05) is 18.2 Å². The van der Waals surface area contributed by atoms with Crippen molar-refractivity contribution in [3.63, 3.8) is 0 Å². The van der Waals surface area contributed by atoms with Crippen LogP contribution >= 0.6 is 12.2 Å². The molecule has 2 aliphatic rings. The average molecular weight is 625 g/mol. The lowest BCUT2D eigenvalue weighted by molar-refractivity contribution is -0.120. The number of rotatable bonds is 12. The van der Waals surface area contributed by atoms with Crippen molar-refractivity contribution in [2.24, 2.45) is 5.73 Å². The first-order chi connectivity index (χ1) is 20.6. The molecule has 2 aliphatic heterocycles. The molecule has 0 spiro atoms. The van der Waals surface area contributed by atoms with E-state index in [2.05, 4.69) is 47.3 Å². The van der Waals surface area contributed by atoms with Gasteiger partial charge in [0.05, 0.1) is 17.4 Å². The fraction of sp³-hybridized carbons (Fsp3) is 0.515. The Morgan fingerprint density at radius 2 is 1.93 bits per heavy atom. The van der Waals surface area contributed by atoms with Gasteiger partial charge >= 0.3 is 0 Å². The van der Waals surface area contributed by atoms with Crippen LogP contribution in [0.5, 0.6) is 0 Å². The lowest BCUT2D eigenvalue weighted by Crippen LogP contribution is -2.42. The summed E-state index contributed by atoms with van der Waals surface area (Å²) in [6.07, 6.45) is 6.62. The maximum atomic E-state index is 13.1. The molecule has 0 aliphatic carbocycles. The second kappa shape index (κ2) is 13.6. The molecule has 3 N–H and O–H groups in total. The Balaban J connectivity index is 1.40. The minimum Gasteiger partial charge on any atom is -0.389 e. The van der Waals surface area contributed by atoms with Crippen LogP contribution in [0.4, 0.5) is 0 Å². The zero-order valence-electron chi connectivity index (χ0n) is 25.4. The highest BCUT2D eigenvalue weighted by Gasteiger charge is 2.32. The van der Waals surface area contributed by atoms with Crippen molar-refractivity contribution in [2.45, 2.75) is 82.7 Å². The lowest BCUT2D eigenvalue weighted by Gasteiger charge is -2.33. The number of nitrogens with two attached hydrogens (primary N) is 1. The van der Waals surface area contributed by atoms with Crippen LogP contribution in [0, 0.1) is 0 Å². The molecule has 0 bridgehead atoms. The maximum Gasteiger partial charge on any atom is 0.216 e. The van der Waals surface area contributed by atoms with E-state index in [0.717, 1.165) is 72.0 Å². The lowest BCUT2D eigenvalue weighted by atomic mass is 9.99. The Morgan fingerprint density at radius 3 is 2.63 bits per heavy atom. The summed E-state index contributed by atoms with van der Waals surface area (Å²) in [4.78, 5) is 13.4. The maximum absolute atomic E-state index is 13.1. The van der Waals surface area contributed by atoms with E-state index >= 15 is 0 Å². The third-order valence-corrected chi connectivity index (χ3v) is 11.3. The van der Waals surface area contributed by atoms with Gasteiger partial charge in [0.1, 0.15) is 10.8 Å². The van der Waals surface area contributed by atoms with Crippen LogP contribution in [0.2, 0.25) is 0 Å². The van der Waals surface area contributed by atoms with E-state index < -0.39 is 15.3 Å². The van der Waals surface area contributed by atoms with Crippen LogP contribution < -0.4 is 11.1 Å². The number of ether oxygens (including phenoxy) is 1. The van der Waals surface area contributed by atoms with Crippen molar-refractivity contribution < 1.29 is 17.9 Å². The molecule has 232 valence electrons. The van der Waals surface area contributed by atoms with Crippen molar-refractivity contribution >= 4 is 43.9 Å². The van der Waals surface area contributed by atoms with Gasteiger partial charge in [-0.15, -0.1) is 0 Å². The monoisotopic (exact) mass is 624 g/mol. The number of sulfonamides is 1. The quantitative estimate of drug-likeness (QED) is 0.274. The Morgan fingerprint density at radius 1 is 1.16 bits per heavy atom. The van der Waals surface area contributed by atoms with Crippen molar-refractivity contribution in [3.05, 3.63) is 59.8 Å². The molecule has 2 saturated heterocycles. The summed E-state index contributed by atoms with van der Waals surface area (Å²) >= 11 is 5.25. The van der Waals surface area contributed by atoms with Crippen LogP contribution in [0.15, 0.2) is 48.7 Å². The normalized spacial score (nSPS) is 20.3. The highest BCUT2D eigenvalue weighted by molar-refractivity contribution is 7.89. The topological polar surface area (TPSA) is 107 Å². The first-order valence-corrected chi connectivity index (χ1v) is 17.4. The number of hydrogen-bond acceptors (Lipinski definition) is 6. The Kier molecular flexibility index (Phi) is 10.0. The third-order valence-electron chi connectivity index (χ3n) is 8.83. The zero-order valence-corrected chi connectivity index (χ0v) is 27.1. The second-order valence-electron chi connectivity index (χ2n) is 12.1. The van der Waals surface area contributed by atoms with Gasteiger partial charge < -0.3 is 20.4 Å². The zero-order chi connectivity index (χ0) is 30.7. The van der Waals surface area contributed by atoms with E-state index in [4.69, 9.17) is 22.7 Å². The van der Waals surface area contributed by atoms with Crippen LogP contribution in [0.3, 0.4) is 0 Å². The van der Waals surface area contributed by atoms with Gasteiger partial charge in [0, 0.05) is 66.9 Å². The highest BCUT2D eigenvalue weighted by Crippen LogP contribution is 2.37. The minimum atomic E-state index is -3.28. The molecule has 0 saturated carbocycles. The number of aromatic nitrogens is 1. The first-order valence-electron chi connectivity index (χ1n) is 15.5. The number of carbonyl (C=O) groups excluding carboxylic acids is 1. The molecule has 0 radical (unpaired) electrons. The predicted molar refractivity (Wildman–Crippen MR) is 177 cm³/mol. The molecule has 1 aromatic heterocycles. The summed E-state index contributed by atoms with van der Waals surface area (Å²) < 4.78 is 35.4. The molecule has 2 unspecified atom stereocenters. The number of benzene rings is 2. The fourth-order valence-electron chi connectivity index (χ4n) is 6.30. The summed E-state index contributed by atoms with van der Waals surface area (Å²) in [6, 6.07) is 14.5. The van der Waals surface area contributed by atoms with E-state index in [-0.39, 0.29) is 24.0 Å². The van der Waals surface area contributed by atoms with Crippen LogP contribution in [0.25, 0.3) is 22.0 Å². The van der Waals surface area contributed by atoms with E-state index in [0.29, 0.717) is 30.9 Å². The Labute approximate surface area is 261 Å². The van der Waals surface area contributed by atoms with Gasteiger partial charge in [0.2, 0.25) is 10.0 Å². The molecular formula is C33H44N4O4S2. The van der Waals surface area contributed by atoms with Crippen molar-refractivity contribution in [1.29, 1.82) is 0 Å². The second-order valence-corrected chi connectivity index (χ2v) is 15.1. The van der Waals surface area contributed by atoms with Crippen LogP contribution in [-0.4, -0.2) is 71.7 Å². The number of nitrogens with zero attached hydrogens (tertiary/aromatic N) is 2. The largest absolute Gasteiger partial charge is 0.389 e. The summed E-state index contributed by atoms with van der Waals surface area (Å²) in [7, 11) is -3.28. The number of aryl methyl sites for hydroxylation is 1. The van der Waals surface area contributed by atoms with Crippen molar-refractivity contribution in [1.82, 2.24) is 14.2 Å². The fourth-order valence-corrected chi connectivity index (χ4v) is 7.74. The molecular weight excluding hydrogens is 581 g/mol. The van der Waals surface area contributed by atoms with E-state index in [1.165, 1.54) is 0 Å². The van der Waals surface area contributed by atoms with Crippen LogP contribution in [-0.2, 0) is 26.0 Å². The van der Waals surface area contributed by atoms with Gasteiger partial charge in [0.15, 0.2) is 0 Å². The third kappa shape index (κ3) is 7.04. The predicted octanol–water partition coefficient (Wildman–Crippen LogP) is 4.98. The number of carbonyl (C=O) groups is 1. The summed E-state index contributed by atoms with van der Waals surface area (Å²) in [5.41, 5.74) is 11.1. The van der Waals surface area contributed by atoms with Gasteiger partial charge in [-0.2, -0.15) is 0 Å². The molecule has 8 nitrogen and oxygen atoms in total. The van der Waals surface area contributed by atoms with Gasteiger partial charge in [-0.05, 0) is 69.2 Å². The molecule has 2 fully saturated rings. The van der Waals surface area contributed by atoms with E-state index in [1.54, 1.807) is 18.2 Å². The number of Topliss-reactive ketones (excluding diaryl/α,β-unsaturated/α-hetero) is 1. The van der Waals surface area contributed by atoms with Crippen LogP contribution in [0.1, 0.15) is 70.0 Å². The number of nitrogens with one attached hydrogen (secondary N) is 1. The molecule has 2 atom stereocenters. The smallest absolute Gasteiger partial charge is 0.216 e. The summed E-state index contributed by atoms with van der Waals surface area (Å²) in [5, 5.41) is 4.03. The standard InChI is InChI=1S/C33H44N4O4S2/c1-4-16-41-27-19-30(35-20-27)32(38)11-9-23-8-10-28-29(24-6-5-7-25(18-24)33(34)42)21-37(31(28)17-23)26-12-14-36(15-13-26)43(39,40)22(2)3/h5-8,10,17-18,21-22,26-27,30,35H,4,9,11-16,19-20H2,1-3H3,(H2,34,42). The number of thiocarbonyl (C=S) groups is 1. The van der Waals surface area contributed by atoms with Gasteiger partial charge in [-0.1, -0.05) is 49.5 Å². The van der Waals surface area contributed by atoms with Gasteiger partial charge in [-0.3, -0.25) is 4.79 Å². The average Bonchev–Trinajstić information content (AvgIpc) is 3.64. The molecule has 43 heavy (non-hydrogen) atoms. The van der Waals surface area contributed by atoms with Gasteiger partial charge in [0.25, 0.3) is 0 Å². The number of hydrogen-bond donors (Lipinski definition) is 2. The molecule has 5 rings (SSSR count). The summed E-state index contributed by atoms with van der Waals surface area (Å²) in [5.74, 6) is 0.229. The highest BCUT2D eigenvalue weighted by atomic mass is 32.2. The number of fused-ring (bicyclic) bond motifs is 1. The molecule has 3 heterocycles. The van der Waals surface area contributed by atoms with E-state index in [9.17, 15) is 13.2 Å². The Bertz CT molecular complexity index is 1570. The molecule has 3 aromatic rings. The summed E-state index contributed by atoms with van der Waals surface area (Å²) in [6.45, 7) is 8.03. The van der Waals surface area contributed by atoms with Gasteiger partial charge in [-0.25, -0.2) is 12.7 Å². The molecule has 10 heteroatoms. The first kappa shape index (κ1) is 31.8. The van der Waals surface area contributed by atoms with Crippen molar-refractivity contribution in [2.75, 3.05) is 26.2 Å². The SMILES string of the molecule is CCCOC1CNC(C(=O)CCc2ccc3c(-c4cccc(C(N)=S)c4)cn(C4CCN(S(=O)(=O)C(C)C)CC4)c3c2)C1. The van der Waals surface area contributed by atoms with Crippen molar-refractivity contribution in [3.8, 4) is 11.1 Å². The Hall–Kier alpha value is -2.63. The number of ketones is 1. The number of piperidine rings is 1. The molecule has 0 amide bonds. The molecule has 2 aromatic carbocycles.